The minimum absolute atomic E-state index is 0. The van der Waals surface area contributed by atoms with E-state index in [9.17, 15) is 13.0 Å². The number of quaternary nitrogens is 1. The minimum Gasteiger partial charge on any atom is -0.748 e. The predicted octanol–water partition coefficient (Wildman–Crippen LogP) is 0.374. The lowest BCUT2D eigenvalue weighted by Crippen LogP contribution is -2.40. The summed E-state index contributed by atoms with van der Waals surface area (Å²) in [4.78, 5) is 0. The fraction of sp³-hybridized carbons (Fsp3) is 0.500. The Kier molecular flexibility index (Phi) is 6.48. The van der Waals surface area contributed by atoms with Crippen LogP contribution in [0.4, 0.5) is 0 Å². The SMILES string of the molecule is C[N+](C)(CCCS(=O)(=O)[O-])Cc1ccccc1.O. The van der Waals surface area contributed by atoms with Crippen LogP contribution in [0, 0.1) is 0 Å². The van der Waals surface area contributed by atoms with Crippen LogP contribution in [0.25, 0.3) is 0 Å². The maximum Gasteiger partial charge on any atom is 0.104 e. The van der Waals surface area contributed by atoms with Gasteiger partial charge < -0.3 is 14.5 Å². The molecule has 0 fully saturated rings. The third-order valence-corrected chi connectivity index (χ3v) is 3.40. The van der Waals surface area contributed by atoms with Crippen molar-refractivity contribution in [3.63, 3.8) is 0 Å². The van der Waals surface area contributed by atoms with Gasteiger partial charge in [0.05, 0.1) is 30.8 Å². The van der Waals surface area contributed by atoms with Crippen molar-refractivity contribution in [2.75, 3.05) is 26.4 Å². The first kappa shape index (κ1) is 17.1. The molecule has 5 nitrogen and oxygen atoms in total. The maximum atomic E-state index is 10.5. The average Bonchev–Trinajstić information content (AvgIpc) is 2.15. The topological polar surface area (TPSA) is 88.7 Å². The van der Waals surface area contributed by atoms with Gasteiger partial charge in [-0.25, -0.2) is 8.42 Å². The van der Waals surface area contributed by atoms with Crippen molar-refractivity contribution >= 4 is 10.1 Å². The lowest BCUT2D eigenvalue weighted by molar-refractivity contribution is -0.903. The van der Waals surface area contributed by atoms with Crippen molar-refractivity contribution in [1.29, 1.82) is 0 Å². The third kappa shape index (κ3) is 7.39. The standard InChI is InChI=1S/C12H19NO3S.H2O/c1-13(2,9-6-10-17(14,15)16)11-12-7-4-3-5-8-12;/h3-5,7-8H,6,9-11H2,1-2H3;1H2. The molecule has 0 unspecified atom stereocenters. The molecule has 0 bridgehead atoms. The molecule has 0 radical (unpaired) electrons. The number of nitrogens with zero attached hydrogens (tertiary/aromatic N) is 1. The van der Waals surface area contributed by atoms with E-state index < -0.39 is 10.1 Å². The van der Waals surface area contributed by atoms with Crippen LogP contribution in [0.3, 0.4) is 0 Å². The largest absolute Gasteiger partial charge is 0.748 e. The summed E-state index contributed by atoms with van der Waals surface area (Å²) in [5.74, 6) is -0.274. The van der Waals surface area contributed by atoms with Crippen LogP contribution in [0.1, 0.15) is 12.0 Å². The number of rotatable bonds is 6. The van der Waals surface area contributed by atoms with Crippen molar-refractivity contribution in [3.8, 4) is 0 Å². The summed E-state index contributed by atoms with van der Waals surface area (Å²) in [6, 6.07) is 10.0. The van der Waals surface area contributed by atoms with Gasteiger partial charge in [0.1, 0.15) is 6.54 Å². The van der Waals surface area contributed by atoms with Crippen LogP contribution in [-0.2, 0) is 16.7 Å². The molecule has 0 aromatic heterocycles. The monoisotopic (exact) mass is 275 g/mol. The molecule has 104 valence electrons. The van der Waals surface area contributed by atoms with Crippen LogP contribution in [0.5, 0.6) is 0 Å². The van der Waals surface area contributed by atoms with E-state index in [1.807, 2.05) is 44.4 Å². The van der Waals surface area contributed by atoms with Crippen molar-refractivity contribution in [3.05, 3.63) is 35.9 Å². The van der Waals surface area contributed by atoms with E-state index in [1.54, 1.807) is 0 Å². The van der Waals surface area contributed by atoms with Gasteiger partial charge in [-0.1, -0.05) is 30.3 Å². The van der Waals surface area contributed by atoms with E-state index in [0.29, 0.717) is 17.4 Å². The highest BCUT2D eigenvalue weighted by Crippen LogP contribution is 2.10. The molecule has 0 aliphatic heterocycles. The van der Waals surface area contributed by atoms with Crippen LogP contribution >= 0.6 is 0 Å². The lowest BCUT2D eigenvalue weighted by atomic mass is 10.2. The van der Waals surface area contributed by atoms with E-state index in [4.69, 9.17) is 0 Å². The summed E-state index contributed by atoms with van der Waals surface area (Å²) >= 11 is 0. The molecule has 2 N–H and O–H groups in total. The highest BCUT2D eigenvalue weighted by atomic mass is 32.2. The Balaban J connectivity index is 0.00000289. The first-order valence-electron chi connectivity index (χ1n) is 5.58. The molecule has 1 aromatic rings. The second-order valence-electron chi connectivity index (χ2n) is 4.92. The van der Waals surface area contributed by atoms with Gasteiger partial charge in [0.2, 0.25) is 0 Å². The molecule has 6 heteroatoms. The molecule has 1 rings (SSSR count). The Hall–Kier alpha value is -0.950. The second-order valence-corrected chi connectivity index (χ2v) is 6.44. The molecule has 0 heterocycles. The Morgan fingerprint density at radius 1 is 1.17 bits per heavy atom. The summed E-state index contributed by atoms with van der Waals surface area (Å²) in [7, 11) is -0.0151. The molecular formula is C12H21NO4S. The molecular weight excluding hydrogens is 254 g/mol. The predicted molar refractivity (Wildman–Crippen MR) is 69.9 cm³/mol. The van der Waals surface area contributed by atoms with Crippen LogP contribution in [0.15, 0.2) is 30.3 Å². The van der Waals surface area contributed by atoms with Crippen LogP contribution in [-0.4, -0.2) is 49.3 Å². The molecule has 1 aromatic carbocycles. The molecule has 18 heavy (non-hydrogen) atoms. The number of hydrogen-bond acceptors (Lipinski definition) is 3. The Morgan fingerprint density at radius 3 is 2.22 bits per heavy atom. The summed E-state index contributed by atoms with van der Waals surface area (Å²) in [6.07, 6.45) is 0.408. The molecule has 0 atom stereocenters. The fourth-order valence-corrected chi connectivity index (χ4v) is 2.31. The number of benzene rings is 1. The molecule has 0 amide bonds. The molecule has 0 saturated heterocycles. The Morgan fingerprint density at radius 2 is 1.72 bits per heavy atom. The van der Waals surface area contributed by atoms with Gasteiger partial charge in [0.25, 0.3) is 0 Å². The summed E-state index contributed by atoms with van der Waals surface area (Å²) in [5.41, 5.74) is 1.21. The molecule has 0 spiro atoms. The second kappa shape index (κ2) is 6.84. The van der Waals surface area contributed by atoms with E-state index in [-0.39, 0.29) is 11.2 Å². The van der Waals surface area contributed by atoms with Gasteiger partial charge in [0, 0.05) is 17.7 Å². The van der Waals surface area contributed by atoms with E-state index in [0.717, 1.165) is 6.54 Å². The lowest BCUT2D eigenvalue weighted by Gasteiger charge is -2.30. The number of hydrogen-bond donors (Lipinski definition) is 0. The van der Waals surface area contributed by atoms with Gasteiger partial charge in [-0.3, -0.25) is 0 Å². The minimum atomic E-state index is -4.08. The Labute approximate surface area is 109 Å². The zero-order chi connectivity index (χ0) is 12.9. The van der Waals surface area contributed by atoms with Crippen LogP contribution < -0.4 is 0 Å². The van der Waals surface area contributed by atoms with Crippen molar-refractivity contribution < 1.29 is 22.9 Å². The molecule has 0 saturated carbocycles. The average molecular weight is 275 g/mol. The zero-order valence-electron chi connectivity index (χ0n) is 10.8. The quantitative estimate of drug-likeness (QED) is 0.555. The van der Waals surface area contributed by atoms with Crippen molar-refractivity contribution in [2.24, 2.45) is 0 Å². The van der Waals surface area contributed by atoms with Crippen LogP contribution in [0.2, 0.25) is 0 Å². The summed E-state index contributed by atoms with van der Waals surface area (Å²) in [5, 5.41) is 0. The first-order chi connectivity index (χ1) is 7.79. The smallest absolute Gasteiger partial charge is 0.104 e. The first-order valence-corrected chi connectivity index (χ1v) is 7.16. The fourth-order valence-electron chi connectivity index (χ4n) is 1.83. The molecule has 0 aliphatic rings. The Bertz CT molecular complexity index is 442. The third-order valence-electron chi connectivity index (χ3n) is 2.61. The van der Waals surface area contributed by atoms with Gasteiger partial charge in [-0.05, 0) is 0 Å². The zero-order valence-corrected chi connectivity index (χ0v) is 11.6. The normalized spacial score (nSPS) is 11.9. The summed E-state index contributed by atoms with van der Waals surface area (Å²) < 4.78 is 32.2. The van der Waals surface area contributed by atoms with Gasteiger partial charge in [-0.15, -0.1) is 0 Å². The van der Waals surface area contributed by atoms with E-state index in [2.05, 4.69) is 0 Å². The van der Waals surface area contributed by atoms with Crippen molar-refractivity contribution in [2.45, 2.75) is 13.0 Å². The van der Waals surface area contributed by atoms with E-state index in [1.165, 1.54) is 5.56 Å². The highest BCUT2D eigenvalue weighted by molar-refractivity contribution is 7.85. The van der Waals surface area contributed by atoms with Gasteiger partial charge in [-0.2, -0.15) is 0 Å². The van der Waals surface area contributed by atoms with Gasteiger partial charge >= 0.3 is 0 Å². The highest BCUT2D eigenvalue weighted by Gasteiger charge is 2.15. The van der Waals surface area contributed by atoms with Crippen molar-refractivity contribution in [1.82, 2.24) is 0 Å². The maximum absolute atomic E-state index is 10.5. The molecule has 0 aliphatic carbocycles. The van der Waals surface area contributed by atoms with E-state index >= 15 is 0 Å². The van der Waals surface area contributed by atoms with Gasteiger partial charge in [0.15, 0.2) is 0 Å². The summed E-state index contributed by atoms with van der Waals surface area (Å²) in [6.45, 7) is 1.51.